The molecule has 0 aliphatic heterocycles. The summed E-state index contributed by atoms with van der Waals surface area (Å²) in [6.07, 6.45) is 3.58. The summed E-state index contributed by atoms with van der Waals surface area (Å²) in [5.41, 5.74) is 4.36. The van der Waals surface area contributed by atoms with E-state index in [0.29, 0.717) is 10.2 Å². The van der Waals surface area contributed by atoms with Crippen molar-refractivity contribution in [3.63, 3.8) is 0 Å². The molecule has 0 amide bonds. The number of thiophene rings is 1. The summed E-state index contributed by atoms with van der Waals surface area (Å²) < 4.78 is 2.82. The predicted octanol–water partition coefficient (Wildman–Crippen LogP) is 5.87. The van der Waals surface area contributed by atoms with Crippen LogP contribution in [0.4, 0.5) is 0 Å². The molecule has 3 aromatic rings. The zero-order chi connectivity index (χ0) is 18.3. The molecule has 26 heavy (non-hydrogen) atoms. The molecule has 5 heteroatoms. The number of hydrogen-bond acceptors (Lipinski definition) is 3. The van der Waals surface area contributed by atoms with Gasteiger partial charge in [0.25, 0.3) is 0 Å². The highest BCUT2D eigenvalue weighted by molar-refractivity contribution is 7.71. The summed E-state index contributed by atoms with van der Waals surface area (Å²) in [5.74, 6) is 1.73. The zero-order valence-electron chi connectivity index (χ0n) is 15.6. The zero-order valence-corrected chi connectivity index (χ0v) is 17.2. The fraction of sp³-hybridized carbons (Fsp3) is 0.429. The minimum Gasteiger partial charge on any atom is -0.296 e. The third kappa shape index (κ3) is 3.30. The van der Waals surface area contributed by atoms with Gasteiger partial charge in [0.15, 0.2) is 10.6 Å². The molecule has 1 atom stereocenters. The molecule has 4 rings (SSSR count). The molecule has 0 spiro atoms. The number of aromatic amines is 1. The van der Waals surface area contributed by atoms with Gasteiger partial charge in [0, 0.05) is 15.8 Å². The number of benzene rings is 1. The highest BCUT2D eigenvalue weighted by Gasteiger charge is 2.31. The molecule has 1 aliphatic carbocycles. The second-order valence-electron chi connectivity index (χ2n) is 8.28. The second kappa shape index (κ2) is 6.78. The Labute approximate surface area is 164 Å². The largest absolute Gasteiger partial charge is 0.296 e. The molecule has 0 bridgehead atoms. The third-order valence-electron chi connectivity index (χ3n) is 5.56. The highest BCUT2D eigenvalue weighted by Crippen LogP contribution is 2.42. The Morgan fingerprint density at radius 3 is 2.77 bits per heavy atom. The van der Waals surface area contributed by atoms with Gasteiger partial charge in [-0.05, 0) is 53.9 Å². The molecule has 1 N–H and O–H groups in total. The maximum Gasteiger partial charge on any atom is 0.195 e. The average Bonchev–Trinajstić information content (AvgIpc) is 3.18. The van der Waals surface area contributed by atoms with E-state index in [4.69, 9.17) is 12.2 Å². The Bertz CT molecular complexity index is 957. The SMILES string of the molecule is CC(C)(C)C1CCc2c(-c3n[nH]c(=S)n3Cc3ccccc3)csc2C1. The second-order valence-corrected chi connectivity index (χ2v) is 9.63. The molecule has 0 radical (unpaired) electrons. The van der Waals surface area contributed by atoms with Gasteiger partial charge in [0.2, 0.25) is 0 Å². The number of aromatic nitrogens is 3. The molecule has 0 fully saturated rings. The van der Waals surface area contributed by atoms with E-state index in [-0.39, 0.29) is 0 Å². The molecule has 1 unspecified atom stereocenters. The van der Waals surface area contributed by atoms with E-state index in [9.17, 15) is 0 Å². The van der Waals surface area contributed by atoms with Crippen molar-refractivity contribution in [2.75, 3.05) is 0 Å². The maximum absolute atomic E-state index is 5.52. The topological polar surface area (TPSA) is 33.6 Å². The van der Waals surface area contributed by atoms with Crippen LogP contribution in [0.3, 0.4) is 0 Å². The Balaban J connectivity index is 1.69. The van der Waals surface area contributed by atoms with Crippen molar-refractivity contribution in [2.24, 2.45) is 11.3 Å². The van der Waals surface area contributed by atoms with Gasteiger partial charge in [-0.25, -0.2) is 0 Å². The van der Waals surface area contributed by atoms with E-state index in [2.05, 4.69) is 65.2 Å². The number of H-pyrrole nitrogens is 1. The first-order valence-electron chi connectivity index (χ1n) is 9.22. The fourth-order valence-electron chi connectivity index (χ4n) is 3.88. The van der Waals surface area contributed by atoms with E-state index in [1.54, 1.807) is 0 Å². The van der Waals surface area contributed by atoms with Gasteiger partial charge in [-0.15, -0.1) is 11.3 Å². The third-order valence-corrected chi connectivity index (χ3v) is 6.93. The Kier molecular flexibility index (Phi) is 4.61. The van der Waals surface area contributed by atoms with Crippen LogP contribution in [0.1, 0.15) is 43.2 Å². The minimum absolute atomic E-state index is 0.370. The normalized spacial score (nSPS) is 17.3. The van der Waals surface area contributed by atoms with E-state index in [1.807, 2.05) is 17.4 Å². The lowest BCUT2D eigenvalue weighted by Crippen LogP contribution is -2.26. The summed E-state index contributed by atoms with van der Waals surface area (Å²) in [7, 11) is 0. The Morgan fingerprint density at radius 2 is 2.04 bits per heavy atom. The number of nitrogens with one attached hydrogen (secondary N) is 1. The lowest BCUT2D eigenvalue weighted by atomic mass is 9.72. The lowest BCUT2D eigenvalue weighted by molar-refractivity contribution is 0.218. The molecule has 3 nitrogen and oxygen atoms in total. The summed E-state index contributed by atoms with van der Waals surface area (Å²) in [5, 5.41) is 9.87. The monoisotopic (exact) mass is 383 g/mol. The van der Waals surface area contributed by atoms with Gasteiger partial charge in [-0.1, -0.05) is 51.1 Å². The van der Waals surface area contributed by atoms with Crippen LogP contribution >= 0.6 is 23.6 Å². The van der Waals surface area contributed by atoms with Crippen LogP contribution in [-0.2, 0) is 19.4 Å². The van der Waals surface area contributed by atoms with Crippen LogP contribution in [0.5, 0.6) is 0 Å². The molecule has 2 aromatic heterocycles. The van der Waals surface area contributed by atoms with Crippen LogP contribution in [0.2, 0.25) is 0 Å². The van der Waals surface area contributed by atoms with E-state index < -0.39 is 0 Å². The van der Waals surface area contributed by atoms with Crippen molar-refractivity contribution in [3.8, 4) is 11.4 Å². The van der Waals surface area contributed by atoms with Gasteiger partial charge in [0.05, 0.1) is 6.54 Å². The molecule has 1 aromatic carbocycles. The van der Waals surface area contributed by atoms with Gasteiger partial charge in [0.1, 0.15) is 0 Å². The van der Waals surface area contributed by atoms with Crippen LogP contribution < -0.4 is 0 Å². The van der Waals surface area contributed by atoms with E-state index in [1.165, 1.54) is 34.4 Å². The van der Waals surface area contributed by atoms with Gasteiger partial charge >= 0.3 is 0 Å². The average molecular weight is 384 g/mol. The van der Waals surface area contributed by atoms with Crippen molar-refractivity contribution < 1.29 is 0 Å². The number of hydrogen-bond donors (Lipinski definition) is 1. The molecule has 1 aliphatic rings. The molecular weight excluding hydrogens is 358 g/mol. The van der Waals surface area contributed by atoms with E-state index >= 15 is 0 Å². The molecule has 2 heterocycles. The van der Waals surface area contributed by atoms with Crippen molar-refractivity contribution in [1.82, 2.24) is 14.8 Å². The first-order valence-corrected chi connectivity index (χ1v) is 10.5. The highest BCUT2D eigenvalue weighted by atomic mass is 32.1. The van der Waals surface area contributed by atoms with Crippen LogP contribution in [-0.4, -0.2) is 14.8 Å². The lowest BCUT2D eigenvalue weighted by Gasteiger charge is -2.34. The molecule has 0 saturated carbocycles. The Hall–Kier alpha value is -1.72. The summed E-state index contributed by atoms with van der Waals surface area (Å²) >= 11 is 7.41. The first-order chi connectivity index (χ1) is 12.4. The molecule has 136 valence electrons. The first kappa shape index (κ1) is 17.7. The van der Waals surface area contributed by atoms with Gasteiger partial charge in [-0.3, -0.25) is 9.67 Å². The Morgan fingerprint density at radius 1 is 1.27 bits per heavy atom. The maximum atomic E-state index is 5.52. The van der Waals surface area contributed by atoms with Gasteiger partial charge < -0.3 is 0 Å². The quantitative estimate of drug-likeness (QED) is 0.574. The van der Waals surface area contributed by atoms with Crippen molar-refractivity contribution in [2.45, 2.75) is 46.6 Å². The fourth-order valence-corrected chi connectivity index (χ4v) is 5.23. The van der Waals surface area contributed by atoms with Crippen LogP contribution in [0.25, 0.3) is 11.4 Å². The summed E-state index contributed by atoms with van der Waals surface area (Å²) in [6, 6.07) is 10.4. The van der Waals surface area contributed by atoms with Gasteiger partial charge in [-0.2, -0.15) is 5.10 Å². The van der Waals surface area contributed by atoms with Crippen LogP contribution in [0.15, 0.2) is 35.7 Å². The predicted molar refractivity (Wildman–Crippen MR) is 111 cm³/mol. The van der Waals surface area contributed by atoms with Crippen LogP contribution in [0, 0.1) is 16.1 Å². The number of nitrogens with zero attached hydrogens (tertiary/aromatic N) is 2. The minimum atomic E-state index is 0.370. The van der Waals surface area contributed by atoms with E-state index in [0.717, 1.165) is 24.7 Å². The summed E-state index contributed by atoms with van der Waals surface area (Å²) in [6.45, 7) is 7.84. The smallest absolute Gasteiger partial charge is 0.195 e. The van der Waals surface area contributed by atoms with Crippen molar-refractivity contribution in [1.29, 1.82) is 0 Å². The molecular formula is C21H25N3S2. The number of fused-ring (bicyclic) bond motifs is 1. The van der Waals surface area contributed by atoms with Crippen molar-refractivity contribution in [3.05, 3.63) is 56.5 Å². The standard InChI is InChI=1S/C21H25N3S2/c1-21(2,3)15-9-10-16-17(13-26-18(16)11-15)19-22-23-20(25)24(19)12-14-7-5-4-6-8-14/h4-8,13,15H,9-12H2,1-3H3,(H,23,25). The summed E-state index contributed by atoms with van der Waals surface area (Å²) in [4.78, 5) is 1.53. The molecule has 0 saturated heterocycles. The number of rotatable bonds is 3. The van der Waals surface area contributed by atoms with Crippen molar-refractivity contribution >= 4 is 23.6 Å².